The van der Waals surface area contributed by atoms with E-state index in [1.54, 1.807) is 18.3 Å². The number of nitrogens with zero attached hydrogens (tertiary/aromatic N) is 2. The topological polar surface area (TPSA) is 62.3 Å². The number of sulfone groups is 1. The molecule has 0 aromatic carbocycles. The lowest BCUT2D eigenvalue weighted by Gasteiger charge is -2.39. The first-order valence-corrected chi connectivity index (χ1v) is 8.05. The molecule has 1 aromatic heterocycles. The molecule has 1 aliphatic rings. The summed E-state index contributed by atoms with van der Waals surface area (Å²) in [5, 5.41) is 3.21. The van der Waals surface area contributed by atoms with Crippen molar-refractivity contribution in [2.45, 2.75) is 24.3 Å². The van der Waals surface area contributed by atoms with E-state index >= 15 is 0 Å². The Kier molecular flexibility index (Phi) is 3.87. The summed E-state index contributed by atoms with van der Waals surface area (Å²) in [6.45, 7) is 4.69. The SMILES string of the molecule is CCCN(c1ncccc1S(C)(=O)=O)C1CNC1. The lowest BCUT2D eigenvalue weighted by molar-refractivity contribution is 0.408. The molecule has 0 spiro atoms. The number of rotatable bonds is 5. The first-order valence-electron chi connectivity index (χ1n) is 6.16. The van der Waals surface area contributed by atoms with Gasteiger partial charge in [-0.3, -0.25) is 0 Å². The van der Waals surface area contributed by atoms with E-state index < -0.39 is 9.84 Å². The van der Waals surface area contributed by atoms with Gasteiger partial charge in [0.25, 0.3) is 0 Å². The van der Waals surface area contributed by atoms with Gasteiger partial charge in [-0.15, -0.1) is 0 Å². The van der Waals surface area contributed by atoms with Gasteiger partial charge in [0.15, 0.2) is 9.84 Å². The number of aromatic nitrogens is 1. The average Bonchev–Trinajstić information content (AvgIpc) is 2.25. The fourth-order valence-electron chi connectivity index (χ4n) is 2.08. The van der Waals surface area contributed by atoms with Crippen LogP contribution in [0.15, 0.2) is 23.2 Å². The summed E-state index contributed by atoms with van der Waals surface area (Å²) in [6, 6.07) is 3.65. The summed E-state index contributed by atoms with van der Waals surface area (Å²) < 4.78 is 23.6. The Bertz CT molecular complexity index is 512. The van der Waals surface area contributed by atoms with Crippen LogP contribution in [-0.4, -0.2) is 45.3 Å². The molecule has 18 heavy (non-hydrogen) atoms. The average molecular weight is 269 g/mol. The van der Waals surface area contributed by atoms with Gasteiger partial charge in [0.2, 0.25) is 0 Å². The second-order valence-electron chi connectivity index (χ2n) is 4.60. The normalized spacial score (nSPS) is 16.3. The van der Waals surface area contributed by atoms with Gasteiger partial charge in [-0.25, -0.2) is 13.4 Å². The summed E-state index contributed by atoms with van der Waals surface area (Å²) >= 11 is 0. The van der Waals surface area contributed by atoms with Gasteiger partial charge < -0.3 is 10.2 Å². The summed E-state index contributed by atoms with van der Waals surface area (Å²) in [4.78, 5) is 6.71. The maximum atomic E-state index is 11.8. The van der Waals surface area contributed by atoms with Crippen LogP contribution in [0.25, 0.3) is 0 Å². The second-order valence-corrected chi connectivity index (χ2v) is 6.59. The van der Waals surface area contributed by atoms with Crippen molar-refractivity contribution in [2.75, 3.05) is 30.8 Å². The van der Waals surface area contributed by atoms with Crippen molar-refractivity contribution >= 4 is 15.7 Å². The third-order valence-electron chi connectivity index (χ3n) is 3.09. The van der Waals surface area contributed by atoms with E-state index in [-0.39, 0.29) is 0 Å². The first kappa shape index (κ1) is 13.3. The molecule has 1 saturated heterocycles. The molecule has 6 heteroatoms. The Balaban J connectivity index is 2.40. The van der Waals surface area contributed by atoms with Crippen molar-refractivity contribution in [1.29, 1.82) is 0 Å². The fraction of sp³-hybridized carbons (Fsp3) is 0.583. The Hall–Kier alpha value is -1.14. The maximum Gasteiger partial charge on any atom is 0.179 e. The van der Waals surface area contributed by atoms with Crippen molar-refractivity contribution in [3.8, 4) is 0 Å². The smallest absolute Gasteiger partial charge is 0.179 e. The van der Waals surface area contributed by atoms with Gasteiger partial charge in [0.05, 0.1) is 6.04 Å². The molecule has 1 N–H and O–H groups in total. The van der Waals surface area contributed by atoms with E-state index in [9.17, 15) is 8.42 Å². The second kappa shape index (κ2) is 5.24. The Labute approximate surface area is 108 Å². The molecule has 0 atom stereocenters. The van der Waals surface area contributed by atoms with Crippen molar-refractivity contribution < 1.29 is 8.42 Å². The lowest BCUT2D eigenvalue weighted by atomic mass is 10.1. The third-order valence-corrected chi connectivity index (χ3v) is 4.21. The van der Waals surface area contributed by atoms with Crippen LogP contribution in [0, 0.1) is 0 Å². The van der Waals surface area contributed by atoms with Crippen molar-refractivity contribution in [3.63, 3.8) is 0 Å². The Morgan fingerprint density at radius 1 is 1.50 bits per heavy atom. The highest BCUT2D eigenvalue weighted by Gasteiger charge is 2.28. The summed E-state index contributed by atoms with van der Waals surface area (Å²) in [7, 11) is -3.24. The van der Waals surface area contributed by atoms with Gasteiger partial charge >= 0.3 is 0 Å². The highest BCUT2D eigenvalue weighted by Crippen LogP contribution is 2.25. The molecule has 1 aliphatic heterocycles. The minimum absolute atomic E-state index is 0.324. The molecule has 0 amide bonds. The Morgan fingerprint density at radius 2 is 2.22 bits per heavy atom. The molecule has 5 nitrogen and oxygen atoms in total. The molecule has 0 unspecified atom stereocenters. The predicted molar refractivity (Wildman–Crippen MR) is 71.6 cm³/mol. The van der Waals surface area contributed by atoms with Crippen molar-refractivity contribution in [3.05, 3.63) is 18.3 Å². The van der Waals surface area contributed by atoms with E-state index in [2.05, 4.69) is 22.1 Å². The standard InChI is InChI=1S/C12H19N3O2S/c1-3-7-15(10-8-13-9-10)12-11(18(2,16)17)5-4-6-14-12/h4-6,10,13H,3,7-9H2,1-2H3. The van der Waals surface area contributed by atoms with Gasteiger partial charge in [-0.2, -0.15) is 0 Å². The number of nitrogens with one attached hydrogen (secondary N) is 1. The van der Waals surface area contributed by atoms with Crippen LogP contribution in [-0.2, 0) is 9.84 Å². The Morgan fingerprint density at radius 3 is 2.72 bits per heavy atom. The number of pyridine rings is 1. The highest BCUT2D eigenvalue weighted by atomic mass is 32.2. The zero-order valence-electron chi connectivity index (χ0n) is 10.8. The zero-order valence-corrected chi connectivity index (χ0v) is 11.6. The molecule has 1 aromatic rings. The fourth-order valence-corrected chi connectivity index (χ4v) is 2.91. The van der Waals surface area contributed by atoms with Gasteiger partial charge in [-0.05, 0) is 18.6 Å². The minimum Gasteiger partial charge on any atom is -0.350 e. The van der Waals surface area contributed by atoms with Gasteiger partial charge in [0, 0.05) is 32.1 Å². The van der Waals surface area contributed by atoms with E-state index in [1.807, 2.05) is 0 Å². The lowest BCUT2D eigenvalue weighted by Crippen LogP contribution is -2.58. The molecular formula is C12H19N3O2S. The van der Waals surface area contributed by atoms with Crippen LogP contribution in [0.4, 0.5) is 5.82 Å². The zero-order chi connectivity index (χ0) is 13.2. The van der Waals surface area contributed by atoms with Crippen LogP contribution in [0.5, 0.6) is 0 Å². The molecule has 100 valence electrons. The largest absolute Gasteiger partial charge is 0.350 e. The van der Waals surface area contributed by atoms with Crippen molar-refractivity contribution in [1.82, 2.24) is 10.3 Å². The number of hydrogen-bond acceptors (Lipinski definition) is 5. The summed E-state index contributed by atoms with van der Waals surface area (Å²) in [5.74, 6) is 0.591. The number of anilines is 1. The van der Waals surface area contributed by atoms with Crippen LogP contribution >= 0.6 is 0 Å². The third kappa shape index (κ3) is 2.64. The predicted octanol–water partition coefficient (Wildman–Crippen LogP) is 0.673. The van der Waals surface area contributed by atoms with Crippen LogP contribution in [0.2, 0.25) is 0 Å². The number of hydrogen-bond donors (Lipinski definition) is 1. The monoisotopic (exact) mass is 269 g/mol. The van der Waals surface area contributed by atoms with Crippen molar-refractivity contribution in [2.24, 2.45) is 0 Å². The molecule has 0 bridgehead atoms. The highest BCUT2D eigenvalue weighted by molar-refractivity contribution is 7.90. The summed E-state index contributed by atoms with van der Waals surface area (Å²) in [5.41, 5.74) is 0. The van der Waals surface area contributed by atoms with E-state index in [4.69, 9.17) is 0 Å². The van der Waals surface area contributed by atoms with E-state index in [1.165, 1.54) is 6.26 Å². The van der Waals surface area contributed by atoms with Gasteiger partial charge in [0.1, 0.15) is 10.7 Å². The minimum atomic E-state index is -3.24. The molecule has 0 aliphatic carbocycles. The molecule has 2 rings (SSSR count). The van der Waals surface area contributed by atoms with Crippen LogP contribution < -0.4 is 10.2 Å². The molecular weight excluding hydrogens is 250 g/mol. The quantitative estimate of drug-likeness (QED) is 0.851. The molecule has 1 fully saturated rings. The van der Waals surface area contributed by atoms with Gasteiger partial charge in [-0.1, -0.05) is 6.92 Å². The first-order chi connectivity index (χ1) is 8.54. The van der Waals surface area contributed by atoms with Crippen LogP contribution in [0.1, 0.15) is 13.3 Å². The molecule has 2 heterocycles. The summed E-state index contributed by atoms with van der Waals surface area (Å²) in [6.07, 6.45) is 3.85. The van der Waals surface area contributed by atoms with E-state index in [0.717, 1.165) is 26.1 Å². The maximum absolute atomic E-state index is 11.8. The molecule has 0 saturated carbocycles. The van der Waals surface area contributed by atoms with E-state index in [0.29, 0.717) is 16.8 Å². The van der Waals surface area contributed by atoms with Crippen LogP contribution in [0.3, 0.4) is 0 Å². The molecule has 0 radical (unpaired) electrons.